The van der Waals surface area contributed by atoms with Gasteiger partial charge in [-0.2, -0.15) is 18.4 Å². The Morgan fingerprint density at radius 3 is 2.47 bits per heavy atom. The van der Waals surface area contributed by atoms with Gasteiger partial charge in [-0.1, -0.05) is 6.07 Å². The first-order valence-corrected chi connectivity index (χ1v) is 6.41. The molecule has 19 heavy (non-hydrogen) atoms. The lowest BCUT2D eigenvalue weighted by Gasteiger charge is -2.09. The van der Waals surface area contributed by atoms with Crippen LogP contribution in [0.5, 0.6) is 0 Å². The van der Waals surface area contributed by atoms with E-state index in [9.17, 15) is 26.0 Å². The predicted octanol–water partition coefficient (Wildman–Crippen LogP) is 1.93. The molecule has 0 amide bonds. The second-order valence-electron chi connectivity index (χ2n) is 3.49. The summed E-state index contributed by atoms with van der Waals surface area (Å²) in [6.45, 7) is -0.882. The van der Waals surface area contributed by atoms with Crippen molar-refractivity contribution in [1.82, 2.24) is 4.72 Å². The third kappa shape index (κ3) is 4.18. The van der Waals surface area contributed by atoms with Gasteiger partial charge < -0.3 is 0 Å². The molecule has 0 saturated heterocycles. The van der Waals surface area contributed by atoms with E-state index >= 15 is 0 Å². The summed E-state index contributed by atoms with van der Waals surface area (Å²) in [4.78, 5) is -0.683. The molecule has 1 aromatic rings. The summed E-state index contributed by atoms with van der Waals surface area (Å²) in [5.41, 5.74) is -0.734. The van der Waals surface area contributed by atoms with Gasteiger partial charge in [0.05, 0.1) is 6.42 Å². The van der Waals surface area contributed by atoms with Crippen LogP contribution in [-0.4, -0.2) is 21.1 Å². The van der Waals surface area contributed by atoms with E-state index in [1.807, 2.05) is 0 Å². The summed E-state index contributed by atoms with van der Waals surface area (Å²) in [5, 5.41) is 8.66. The molecule has 0 aliphatic carbocycles. The SMILES string of the molecule is N#Cc1c(F)cccc1S(=O)(=O)NCCC(F)(F)F. The Labute approximate surface area is 106 Å². The number of alkyl halides is 3. The highest BCUT2D eigenvalue weighted by Gasteiger charge is 2.28. The monoisotopic (exact) mass is 296 g/mol. The Kier molecular flexibility index (Phi) is 4.49. The van der Waals surface area contributed by atoms with Crippen LogP contribution in [0.1, 0.15) is 12.0 Å². The van der Waals surface area contributed by atoms with Gasteiger partial charge in [-0.25, -0.2) is 17.5 Å². The predicted molar refractivity (Wildman–Crippen MR) is 57.0 cm³/mol. The normalized spacial score (nSPS) is 12.2. The summed E-state index contributed by atoms with van der Waals surface area (Å²) < 4.78 is 73.9. The maximum atomic E-state index is 13.2. The Hall–Kier alpha value is -1.66. The first-order valence-electron chi connectivity index (χ1n) is 4.92. The second kappa shape index (κ2) is 5.54. The lowest BCUT2D eigenvalue weighted by molar-refractivity contribution is -0.132. The Morgan fingerprint density at radius 2 is 1.95 bits per heavy atom. The highest BCUT2D eigenvalue weighted by atomic mass is 32.2. The molecule has 0 fully saturated rings. The molecule has 0 aromatic heterocycles. The minimum absolute atomic E-state index is 0.683. The zero-order valence-electron chi connectivity index (χ0n) is 9.33. The molecule has 0 radical (unpaired) electrons. The summed E-state index contributed by atoms with van der Waals surface area (Å²) in [6, 6.07) is 4.23. The van der Waals surface area contributed by atoms with Gasteiger partial charge in [0.15, 0.2) is 0 Å². The van der Waals surface area contributed by atoms with Gasteiger partial charge in [-0.15, -0.1) is 0 Å². The lowest BCUT2D eigenvalue weighted by Crippen LogP contribution is -2.28. The van der Waals surface area contributed by atoms with E-state index in [0.717, 1.165) is 18.2 Å². The molecule has 0 unspecified atom stereocenters. The van der Waals surface area contributed by atoms with Crippen LogP contribution in [0.4, 0.5) is 17.6 Å². The number of rotatable bonds is 4. The number of nitriles is 1. The third-order valence-electron chi connectivity index (χ3n) is 2.08. The molecule has 1 N–H and O–H groups in total. The van der Waals surface area contributed by atoms with Gasteiger partial charge in [-0.3, -0.25) is 0 Å². The van der Waals surface area contributed by atoms with Gasteiger partial charge in [0.1, 0.15) is 22.3 Å². The molecule has 0 spiro atoms. The molecule has 4 nitrogen and oxygen atoms in total. The quantitative estimate of drug-likeness (QED) is 0.863. The fourth-order valence-electron chi connectivity index (χ4n) is 1.24. The van der Waals surface area contributed by atoms with E-state index in [1.54, 1.807) is 4.72 Å². The number of hydrogen-bond acceptors (Lipinski definition) is 3. The molecule has 0 heterocycles. The van der Waals surface area contributed by atoms with Gasteiger partial charge in [0.2, 0.25) is 10.0 Å². The second-order valence-corrected chi connectivity index (χ2v) is 5.22. The van der Waals surface area contributed by atoms with Crippen LogP contribution in [0.25, 0.3) is 0 Å². The van der Waals surface area contributed by atoms with E-state index in [2.05, 4.69) is 0 Å². The molecule has 0 atom stereocenters. The minimum Gasteiger partial charge on any atom is -0.211 e. The van der Waals surface area contributed by atoms with Crippen molar-refractivity contribution in [2.24, 2.45) is 0 Å². The van der Waals surface area contributed by atoms with Gasteiger partial charge >= 0.3 is 6.18 Å². The van der Waals surface area contributed by atoms with Crippen LogP contribution in [0.2, 0.25) is 0 Å². The van der Waals surface area contributed by atoms with E-state index < -0.39 is 45.4 Å². The average molecular weight is 296 g/mol. The summed E-state index contributed by atoms with van der Waals surface area (Å²) in [5.74, 6) is -1.05. The molecule has 1 rings (SSSR count). The first-order chi connectivity index (χ1) is 8.67. The highest BCUT2D eigenvalue weighted by molar-refractivity contribution is 7.89. The van der Waals surface area contributed by atoms with Crippen LogP contribution in [-0.2, 0) is 10.0 Å². The topological polar surface area (TPSA) is 70.0 Å². The van der Waals surface area contributed by atoms with E-state index in [1.165, 1.54) is 6.07 Å². The van der Waals surface area contributed by atoms with E-state index in [0.29, 0.717) is 0 Å². The molecule has 1 aromatic carbocycles. The van der Waals surface area contributed by atoms with Crippen molar-refractivity contribution in [3.05, 3.63) is 29.6 Å². The van der Waals surface area contributed by atoms with Crippen LogP contribution in [0.15, 0.2) is 23.1 Å². The minimum atomic E-state index is -4.51. The number of benzene rings is 1. The maximum Gasteiger partial charge on any atom is 0.390 e. The third-order valence-corrected chi connectivity index (χ3v) is 3.58. The van der Waals surface area contributed by atoms with Crippen LogP contribution < -0.4 is 4.72 Å². The molecular weight excluding hydrogens is 288 g/mol. The van der Waals surface area contributed by atoms with Crippen molar-refractivity contribution in [1.29, 1.82) is 5.26 Å². The zero-order chi connectivity index (χ0) is 14.7. The Bertz CT molecular complexity index is 605. The van der Waals surface area contributed by atoms with E-state index in [4.69, 9.17) is 5.26 Å². The van der Waals surface area contributed by atoms with Crippen LogP contribution in [0.3, 0.4) is 0 Å². The molecule has 104 valence electrons. The summed E-state index contributed by atoms with van der Waals surface area (Å²) >= 11 is 0. The summed E-state index contributed by atoms with van der Waals surface area (Å²) in [7, 11) is -4.36. The Balaban J connectivity index is 2.97. The smallest absolute Gasteiger partial charge is 0.211 e. The molecule has 0 aliphatic heterocycles. The number of nitrogens with one attached hydrogen (secondary N) is 1. The fraction of sp³-hybridized carbons (Fsp3) is 0.300. The standard InChI is InChI=1S/C10H8F4N2O2S/c11-8-2-1-3-9(7(8)6-15)19(17,18)16-5-4-10(12,13)14/h1-3,16H,4-5H2. The van der Waals surface area contributed by atoms with Crippen molar-refractivity contribution in [3.8, 4) is 6.07 Å². The van der Waals surface area contributed by atoms with Crippen molar-refractivity contribution >= 4 is 10.0 Å². The fourth-order valence-corrected chi connectivity index (χ4v) is 2.44. The van der Waals surface area contributed by atoms with Gasteiger partial charge in [0, 0.05) is 6.54 Å². The van der Waals surface area contributed by atoms with Crippen LogP contribution >= 0.6 is 0 Å². The van der Waals surface area contributed by atoms with Crippen molar-refractivity contribution in [2.45, 2.75) is 17.5 Å². The molecule has 9 heteroatoms. The lowest BCUT2D eigenvalue weighted by atomic mass is 10.2. The zero-order valence-corrected chi connectivity index (χ0v) is 10.1. The van der Waals surface area contributed by atoms with E-state index in [-0.39, 0.29) is 0 Å². The first kappa shape index (κ1) is 15.4. The Morgan fingerprint density at radius 1 is 1.32 bits per heavy atom. The highest BCUT2D eigenvalue weighted by Crippen LogP contribution is 2.20. The average Bonchev–Trinajstić information content (AvgIpc) is 2.26. The van der Waals surface area contributed by atoms with Crippen molar-refractivity contribution in [2.75, 3.05) is 6.54 Å². The molecular formula is C10H8F4N2O2S. The van der Waals surface area contributed by atoms with Crippen LogP contribution in [0, 0.1) is 17.1 Å². The number of nitrogens with zero attached hydrogens (tertiary/aromatic N) is 1. The number of hydrogen-bond donors (Lipinski definition) is 1. The molecule has 0 saturated carbocycles. The maximum absolute atomic E-state index is 13.2. The molecule has 0 aliphatic rings. The van der Waals surface area contributed by atoms with Gasteiger partial charge in [-0.05, 0) is 12.1 Å². The number of halogens is 4. The van der Waals surface area contributed by atoms with Crippen molar-refractivity contribution in [3.63, 3.8) is 0 Å². The number of sulfonamides is 1. The van der Waals surface area contributed by atoms with Crippen molar-refractivity contribution < 1.29 is 26.0 Å². The largest absolute Gasteiger partial charge is 0.390 e. The van der Waals surface area contributed by atoms with Gasteiger partial charge in [0.25, 0.3) is 0 Å². The summed E-state index contributed by atoms with van der Waals surface area (Å²) in [6.07, 6.45) is -5.87. The molecule has 0 bridgehead atoms.